The number of nitrogens with zero attached hydrogens (tertiary/aromatic N) is 1. The van der Waals surface area contributed by atoms with E-state index in [0.29, 0.717) is 5.56 Å². The van der Waals surface area contributed by atoms with Crippen LogP contribution in [0.4, 0.5) is 0 Å². The molecule has 13 aromatic rings. The molecule has 0 saturated carbocycles. The lowest BCUT2D eigenvalue weighted by Crippen LogP contribution is -1.91. The van der Waals surface area contributed by atoms with Crippen molar-refractivity contribution < 1.29 is 0 Å². The van der Waals surface area contributed by atoms with Crippen LogP contribution in [0.5, 0.6) is 0 Å². The summed E-state index contributed by atoms with van der Waals surface area (Å²) in [6.07, 6.45) is 0. The molecule has 0 heterocycles. The molecule has 58 heavy (non-hydrogen) atoms. The van der Waals surface area contributed by atoms with E-state index in [-0.39, 0.29) is 0 Å². The summed E-state index contributed by atoms with van der Waals surface area (Å²) >= 11 is 0. The van der Waals surface area contributed by atoms with Gasteiger partial charge in [0, 0.05) is 0 Å². The SMILES string of the molecule is N#Cc1ccc(-c2ccc3c(ccc4cc5c6c(-c7ccccc7)c7c(cc8c9ccccc9c9cccc7c98)c(-c7ccccc7)c6c6cccc(c43)c65)c2)cc1. The zero-order valence-corrected chi connectivity index (χ0v) is 31.3. The second-order valence-electron chi connectivity index (χ2n) is 15.8. The Balaban J connectivity index is 1.25. The van der Waals surface area contributed by atoms with Crippen molar-refractivity contribution in [3.63, 3.8) is 0 Å². The molecule has 0 fully saturated rings. The molecule has 13 aromatic carbocycles. The van der Waals surface area contributed by atoms with Crippen LogP contribution in [0.3, 0.4) is 0 Å². The second kappa shape index (κ2) is 11.6. The van der Waals surface area contributed by atoms with E-state index in [1.165, 1.54) is 119 Å². The van der Waals surface area contributed by atoms with Crippen LogP contribution in [0.25, 0.3) is 130 Å². The van der Waals surface area contributed by atoms with E-state index in [1.54, 1.807) is 0 Å². The lowest BCUT2D eigenvalue weighted by molar-refractivity contribution is 1.48. The maximum Gasteiger partial charge on any atom is 0.0991 e. The van der Waals surface area contributed by atoms with Gasteiger partial charge in [0.15, 0.2) is 0 Å². The largest absolute Gasteiger partial charge is 0.192 e. The van der Waals surface area contributed by atoms with E-state index in [0.717, 1.165) is 11.1 Å². The minimum absolute atomic E-state index is 0.672. The maximum absolute atomic E-state index is 9.37. The number of benzene rings is 11. The molecular weight excluding hydrogens is 699 g/mol. The highest BCUT2D eigenvalue weighted by Gasteiger charge is 2.27. The first-order chi connectivity index (χ1) is 28.7. The van der Waals surface area contributed by atoms with Crippen molar-refractivity contribution >= 4 is 97.0 Å². The number of hydrogen-bond donors (Lipinski definition) is 0. The normalized spacial score (nSPS) is 12.1. The van der Waals surface area contributed by atoms with E-state index < -0.39 is 0 Å². The van der Waals surface area contributed by atoms with Gasteiger partial charge in [0.1, 0.15) is 0 Å². The van der Waals surface area contributed by atoms with E-state index in [4.69, 9.17) is 0 Å². The molecule has 0 radical (unpaired) electrons. The summed E-state index contributed by atoms with van der Waals surface area (Å²) in [5.74, 6) is 0. The third-order valence-electron chi connectivity index (χ3n) is 12.9. The smallest absolute Gasteiger partial charge is 0.0991 e. The molecule has 264 valence electrons. The van der Waals surface area contributed by atoms with E-state index >= 15 is 0 Å². The van der Waals surface area contributed by atoms with Gasteiger partial charge in [-0.25, -0.2) is 0 Å². The van der Waals surface area contributed by atoms with Crippen molar-refractivity contribution in [3.05, 3.63) is 194 Å². The summed E-state index contributed by atoms with van der Waals surface area (Å²) in [5, 5.41) is 32.7. The monoisotopic (exact) mass is 729 g/mol. The quantitative estimate of drug-likeness (QED) is 0.166. The molecule has 0 unspecified atom stereocenters. The molecule has 0 N–H and O–H groups in total. The first-order valence-electron chi connectivity index (χ1n) is 20.0. The lowest BCUT2D eigenvalue weighted by atomic mass is 9.84. The molecule has 0 aliphatic heterocycles. The Bertz CT molecular complexity index is 3870. The Morgan fingerprint density at radius 2 is 0.810 bits per heavy atom. The summed E-state index contributed by atoms with van der Waals surface area (Å²) in [6, 6.07) is 71.5. The van der Waals surface area contributed by atoms with Crippen molar-refractivity contribution in [2.75, 3.05) is 0 Å². The summed E-state index contributed by atoms with van der Waals surface area (Å²) in [7, 11) is 0. The maximum atomic E-state index is 9.37. The zero-order chi connectivity index (χ0) is 38.1. The minimum atomic E-state index is 0.672. The van der Waals surface area contributed by atoms with Crippen LogP contribution in [0.2, 0.25) is 0 Å². The average Bonchev–Trinajstić information content (AvgIpc) is 3.79. The second-order valence-corrected chi connectivity index (χ2v) is 15.8. The predicted octanol–water partition coefficient (Wildman–Crippen LogP) is 15.8. The fourth-order valence-corrected chi connectivity index (χ4v) is 10.6. The van der Waals surface area contributed by atoms with Crippen LogP contribution < -0.4 is 0 Å². The summed E-state index contributed by atoms with van der Waals surface area (Å²) in [6.45, 7) is 0. The highest BCUT2D eigenvalue weighted by Crippen LogP contribution is 2.55. The Morgan fingerprint density at radius 1 is 0.259 bits per heavy atom. The first kappa shape index (κ1) is 31.4. The number of fused-ring (bicyclic) bond motifs is 12. The molecule has 0 aliphatic carbocycles. The molecule has 0 aromatic heterocycles. The summed E-state index contributed by atoms with van der Waals surface area (Å²) in [5.41, 5.74) is 7.98. The fraction of sp³-hybridized carbons (Fsp3) is 0. The van der Waals surface area contributed by atoms with Crippen LogP contribution in [-0.4, -0.2) is 0 Å². The first-order valence-corrected chi connectivity index (χ1v) is 20.0. The van der Waals surface area contributed by atoms with Crippen LogP contribution in [0.1, 0.15) is 5.56 Å². The molecule has 1 nitrogen and oxygen atoms in total. The van der Waals surface area contributed by atoms with Gasteiger partial charge < -0.3 is 0 Å². The van der Waals surface area contributed by atoms with Crippen molar-refractivity contribution in [2.24, 2.45) is 0 Å². The molecule has 0 bridgehead atoms. The molecule has 1 heteroatoms. The molecule has 13 rings (SSSR count). The molecule has 0 spiro atoms. The number of hydrogen-bond acceptors (Lipinski definition) is 1. The predicted molar refractivity (Wildman–Crippen MR) is 247 cm³/mol. The van der Waals surface area contributed by atoms with Crippen LogP contribution >= 0.6 is 0 Å². The van der Waals surface area contributed by atoms with Gasteiger partial charge in [-0.1, -0.05) is 158 Å². The number of nitriles is 1. The fourth-order valence-electron chi connectivity index (χ4n) is 10.6. The zero-order valence-electron chi connectivity index (χ0n) is 31.3. The van der Waals surface area contributed by atoms with Crippen LogP contribution in [0, 0.1) is 11.3 Å². The van der Waals surface area contributed by atoms with Gasteiger partial charge in [0.05, 0.1) is 11.6 Å². The van der Waals surface area contributed by atoms with Gasteiger partial charge in [-0.2, -0.15) is 5.26 Å². The summed E-state index contributed by atoms with van der Waals surface area (Å²) in [4.78, 5) is 0. The van der Waals surface area contributed by atoms with E-state index in [1.807, 2.05) is 24.3 Å². The highest BCUT2D eigenvalue weighted by atomic mass is 14.3. The van der Waals surface area contributed by atoms with Crippen molar-refractivity contribution in [1.82, 2.24) is 0 Å². The topological polar surface area (TPSA) is 23.8 Å². The Hall–Kier alpha value is -7.79. The third-order valence-corrected chi connectivity index (χ3v) is 12.9. The van der Waals surface area contributed by atoms with Gasteiger partial charge in [0.25, 0.3) is 0 Å². The summed E-state index contributed by atoms with van der Waals surface area (Å²) < 4.78 is 0. The van der Waals surface area contributed by atoms with Gasteiger partial charge in [-0.05, 0) is 161 Å². The lowest BCUT2D eigenvalue weighted by Gasteiger charge is -2.19. The van der Waals surface area contributed by atoms with Gasteiger partial charge in [-0.15, -0.1) is 0 Å². The highest BCUT2D eigenvalue weighted by molar-refractivity contribution is 6.46. The van der Waals surface area contributed by atoms with Gasteiger partial charge >= 0.3 is 0 Å². The van der Waals surface area contributed by atoms with Crippen LogP contribution in [0.15, 0.2) is 188 Å². The molecule has 0 aliphatic rings. The Kier molecular flexibility index (Phi) is 6.29. The Morgan fingerprint density at radius 3 is 1.53 bits per heavy atom. The Labute approximate surface area is 333 Å². The molecule has 0 amide bonds. The average molecular weight is 730 g/mol. The van der Waals surface area contributed by atoms with Crippen molar-refractivity contribution in [2.45, 2.75) is 0 Å². The minimum Gasteiger partial charge on any atom is -0.192 e. The van der Waals surface area contributed by atoms with E-state index in [9.17, 15) is 5.26 Å². The molecule has 0 atom stereocenters. The van der Waals surface area contributed by atoms with Gasteiger partial charge in [0.2, 0.25) is 0 Å². The van der Waals surface area contributed by atoms with Gasteiger partial charge in [-0.3, -0.25) is 0 Å². The van der Waals surface area contributed by atoms with E-state index in [2.05, 4.69) is 170 Å². The molecular formula is C57H31N. The molecule has 0 saturated heterocycles. The third kappa shape index (κ3) is 4.13. The number of rotatable bonds is 3. The van der Waals surface area contributed by atoms with Crippen molar-refractivity contribution in [3.8, 4) is 39.4 Å². The van der Waals surface area contributed by atoms with Crippen LogP contribution in [-0.2, 0) is 0 Å². The van der Waals surface area contributed by atoms with Crippen molar-refractivity contribution in [1.29, 1.82) is 5.26 Å². The standard InChI is InChI=1S/C57H31N/c58-32-33-21-23-34(24-22-33)37-27-28-40-38(29-37)25-26-39-30-48-54-44(50(39)40)18-10-20-46(54)56-51(35-11-3-1-4-12-35)49-31-47-42-16-8-7-15-41(42)43-17-9-19-45(53(43)47)55(49)52(57(48)56)36-13-5-2-6-14-36/h1-31H.